The van der Waals surface area contributed by atoms with Crippen LogP contribution in [0, 0.1) is 30.0 Å². The molecule has 6 aliphatic rings. The second-order valence-electron chi connectivity index (χ2n) is 20.7. The first-order chi connectivity index (χ1) is 35.0. The zero-order chi connectivity index (χ0) is 47.9. The van der Waals surface area contributed by atoms with E-state index in [9.17, 15) is 0 Å². The molecular weight excluding hydrogens is 1080 g/mol. The Hall–Kier alpha value is -5.32. The van der Waals surface area contributed by atoms with Crippen LogP contribution >= 0.6 is 15.8 Å². The van der Waals surface area contributed by atoms with Gasteiger partial charge in [0.1, 0.15) is 0 Å². The molecule has 0 N–H and O–H groups in total. The molecule has 1 aromatic heterocycles. The Morgan fingerprint density at radius 3 is 1.15 bits per heavy atom. The van der Waals surface area contributed by atoms with Crippen LogP contribution < -0.4 is 0 Å². The van der Waals surface area contributed by atoms with Crippen LogP contribution in [-0.4, -0.2) is 42.0 Å². The van der Waals surface area contributed by atoms with Gasteiger partial charge in [-0.05, 0) is 130 Å². The van der Waals surface area contributed by atoms with Gasteiger partial charge in [0.05, 0.1) is 37.0 Å². The zero-order valence-electron chi connectivity index (χ0n) is 41.9. The van der Waals surface area contributed by atoms with Gasteiger partial charge < -0.3 is 4.98 Å². The van der Waals surface area contributed by atoms with E-state index in [2.05, 4.69) is 202 Å². The van der Waals surface area contributed by atoms with Gasteiger partial charge in [0, 0.05) is 22.0 Å². The molecule has 4 bridgehead atoms. The Balaban J connectivity index is 0.000000294. The SMILES string of the molecule is C1C[PH+]2CCC1CC2.C1C[PH+]2CCC1CC2.CC(C)c1cnc(-c2[c-]cc(-c3ccccc3-c3cc(-c4ccccc4-c4c[c-]ccc4)cc(-c4ccccc4-c4c[c-]ccc4)c3)cc2)c2ccccc12.[Ir+3]. The normalized spacial score (nSPS) is 18.6. The third kappa shape index (κ3) is 11.4. The molecule has 6 fully saturated rings. The molecule has 0 amide bonds. The van der Waals surface area contributed by atoms with E-state index < -0.39 is 0 Å². The molecule has 0 unspecified atom stereocenters. The van der Waals surface area contributed by atoms with Gasteiger partial charge >= 0.3 is 20.1 Å². The monoisotopic (exact) mass is 1150 g/mol. The molecule has 6 saturated heterocycles. The van der Waals surface area contributed by atoms with Crippen molar-refractivity contribution in [3.8, 4) is 78.0 Å². The van der Waals surface area contributed by atoms with E-state index in [-0.39, 0.29) is 35.9 Å². The standard InChI is InChI=1S/C54H38N.2C7H13P.Ir/c1-37(2)53-36-55-54(52-28-16-15-27-51(52)53)41-31-29-40(30-32-41)47-23-11-14-26-50(47)44-34-42(48-24-12-9-21-45(48)38-17-5-3-6-18-38)33-43(35-44)49-25-13-10-22-46(49)39-19-7-4-8-20-39;2*1-4-8-5-2-7(1)3-6-8;/h3-5,7,9-31,33-37H,1-2H3;2*7H,1-6H2;/q-3;;;+3/p+2. The average molecular weight is 1150 g/mol. The minimum atomic E-state index is 0. The summed E-state index contributed by atoms with van der Waals surface area (Å²) in [6.45, 7) is 4.45. The van der Waals surface area contributed by atoms with E-state index in [1.165, 1.54) is 45.0 Å². The number of benzene rings is 8. The van der Waals surface area contributed by atoms with Gasteiger partial charge in [-0.3, -0.25) is 0 Å². The summed E-state index contributed by atoms with van der Waals surface area (Å²) < 4.78 is 0. The number of pyridine rings is 1. The summed E-state index contributed by atoms with van der Waals surface area (Å²) in [6, 6.07) is 74.9. The van der Waals surface area contributed by atoms with Crippen molar-refractivity contribution in [1.29, 1.82) is 0 Å². The van der Waals surface area contributed by atoms with Crippen molar-refractivity contribution in [2.45, 2.75) is 58.3 Å². The predicted molar refractivity (Wildman–Crippen MR) is 311 cm³/mol. The first kappa shape index (κ1) is 50.2. The Bertz CT molecular complexity index is 3030. The molecule has 4 heteroatoms. The van der Waals surface area contributed by atoms with E-state index in [0.717, 1.165) is 61.2 Å². The van der Waals surface area contributed by atoms with Crippen LogP contribution in [0.3, 0.4) is 0 Å². The minimum Gasteiger partial charge on any atom is -0.304 e. The van der Waals surface area contributed by atoms with Crippen molar-refractivity contribution in [3.05, 3.63) is 212 Å². The molecule has 6 aliphatic heterocycles. The molecule has 7 heterocycles. The first-order valence-corrected chi connectivity index (χ1v) is 30.7. The third-order valence-electron chi connectivity index (χ3n) is 15.9. The molecule has 1 nitrogen and oxygen atoms in total. The number of nitrogens with zero attached hydrogens (tertiary/aromatic N) is 1. The van der Waals surface area contributed by atoms with Crippen molar-refractivity contribution >= 4 is 26.6 Å². The van der Waals surface area contributed by atoms with Gasteiger partial charge in [0.15, 0.2) is 0 Å². The molecule has 0 saturated carbocycles. The number of rotatable bonds is 8. The van der Waals surface area contributed by atoms with Crippen molar-refractivity contribution in [3.63, 3.8) is 0 Å². The smallest absolute Gasteiger partial charge is 0.304 e. The van der Waals surface area contributed by atoms with E-state index in [0.29, 0.717) is 5.92 Å². The quantitative estimate of drug-likeness (QED) is 0.109. The van der Waals surface area contributed by atoms with Gasteiger partial charge in [-0.1, -0.05) is 133 Å². The fourth-order valence-corrected chi connectivity index (χ4v) is 18.3. The number of hydrogen-bond acceptors (Lipinski definition) is 1. The maximum atomic E-state index is 4.97. The molecule has 15 rings (SSSR count). The van der Waals surface area contributed by atoms with Crippen LogP contribution in [0.4, 0.5) is 0 Å². The molecule has 9 aromatic rings. The topological polar surface area (TPSA) is 12.9 Å². The van der Waals surface area contributed by atoms with Crippen molar-refractivity contribution in [1.82, 2.24) is 4.98 Å². The molecule has 0 radical (unpaired) electrons. The number of fused-ring (bicyclic) bond motifs is 7. The van der Waals surface area contributed by atoms with Crippen LogP contribution in [0.25, 0.3) is 88.8 Å². The van der Waals surface area contributed by atoms with Crippen LogP contribution in [-0.2, 0) is 20.1 Å². The van der Waals surface area contributed by atoms with E-state index >= 15 is 0 Å². The molecule has 72 heavy (non-hydrogen) atoms. The van der Waals surface area contributed by atoms with Crippen LogP contribution in [0.1, 0.15) is 63.9 Å². The first-order valence-electron chi connectivity index (χ1n) is 26.5. The van der Waals surface area contributed by atoms with Crippen LogP contribution in [0.2, 0.25) is 0 Å². The second kappa shape index (κ2) is 23.7. The minimum absolute atomic E-state index is 0. The van der Waals surface area contributed by atoms with Gasteiger partial charge in [0.2, 0.25) is 0 Å². The summed E-state index contributed by atoms with van der Waals surface area (Å²) in [4.78, 5) is 4.97. The number of aromatic nitrogens is 1. The summed E-state index contributed by atoms with van der Waals surface area (Å²) in [5, 5.41) is 2.41. The van der Waals surface area contributed by atoms with Crippen LogP contribution in [0.5, 0.6) is 0 Å². The molecule has 0 spiro atoms. The number of hydrogen-bond donors (Lipinski definition) is 0. The fraction of sp³-hybridized carbons (Fsp3) is 0.250. The second-order valence-corrected chi connectivity index (χ2v) is 26.7. The third-order valence-corrected chi connectivity index (χ3v) is 21.9. The van der Waals surface area contributed by atoms with Gasteiger partial charge in [-0.2, -0.15) is 60.7 Å². The van der Waals surface area contributed by atoms with Crippen molar-refractivity contribution in [2.24, 2.45) is 11.8 Å². The zero-order valence-corrected chi connectivity index (χ0v) is 46.3. The largest absolute Gasteiger partial charge is 3.00 e. The summed E-state index contributed by atoms with van der Waals surface area (Å²) >= 11 is 0. The Labute approximate surface area is 445 Å². The summed E-state index contributed by atoms with van der Waals surface area (Å²) in [5.74, 6) is 2.75. The fourth-order valence-electron chi connectivity index (χ4n) is 11.9. The summed E-state index contributed by atoms with van der Waals surface area (Å²) in [6.07, 6.45) is 21.6. The molecule has 8 aromatic carbocycles. The molecule has 360 valence electrons. The average Bonchev–Trinajstić information content (AvgIpc) is 3.46. The Kier molecular flexibility index (Phi) is 16.5. The predicted octanol–water partition coefficient (Wildman–Crippen LogP) is 18.5. The van der Waals surface area contributed by atoms with Crippen LogP contribution in [0.15, 0.2) is 188 Å². The van der Waals surface area contributed by atoms with E-state index in [1.54, 1.807) is 75.5 Å². The summed E-state index contributed by atoms with van der Waals surface area (Å²) in [7, 11) is 0.557. The van der Waals surface area contributed by atoms with Crippen molar-refractivity contribution < 1.29 is 20.1 Å². The Morgan fingerprint density at radius 2 is 0.819 bits per heavy atom. The summed E-state index contributed by atoms with van der Waals surface area (Å²) in [5.41, 5.74) is 17.1. The van der Waals surface area contributed by atoms with Crippen molar-refractivity contribution in [2.75, 3.05) is 37.0 Å². The molecule has 0 atom stereocenters. The van der Waals surface area contributed by atoms with E-state index in [1.807, 2.05) is 18.3 Å². The molecule has 0 aliphatic carbocycles. The molecular formula is C68H66IrNP2+2. The Morgan fingerprint density at radius 1 is 0.431 bits per heavy atom. The maximum Gasteiger partial charge on any atom is 3.00 e. The van der Waals surface area contributed by atoms with Gasteiger partial charge in [-0.15, -0.1) is 41.0 Å². The van der Waals surface area contributed by atoms with E-state index in [4.69, 9.17) is 4.98 Å². The van der Waals surface area contributed by atoms with Gasteiger partial charge in [0.25, 0.3) is 0 Å². The maximum absolute atomic E-state index is 4.97. The van der Waals surface area contributed by atoms with Gasteiger partial charge in [-0.25, -0.2) is 0 Å².